The number of nitrogens with two attached hydrogens (primary N) is 3. The molecule has 0 aromatic heterocycles. The van der Waals surface area contributed by atoms with E-state index in [2.05, 4.69) is 10.3 Å². The normalized spacial score (nSPS) is 11.8. The van der Waals surface area contributed by atoms with Crippen molar-refractivity contribution >= 4 is 17.6 Å². The minimum atomic E-state index is -0.937. The number of benzene rings is 1. The predicted molar refractivity (Wildman–Crippen MR) is 69.2 cm³/mol. The molecule has 0 radical (unpaired) electrons. The van der Waals surface area contributed by atoms with Gasteiger partial charge in [-0.05, 0) is 17.7 Å². The van der Waals surface area contributed by atoms with Gasteiger partial charge in [-0.3, -0.25) is 10.1 Å². The lowest BCUT2D eigenvalue weighted by Gasteiger charge is -2.12. The van der Waals surface area contributed by atoms with Crippen LogP contribution in [-0.2, 0) is 11.2 Å². The van der Waals surface area contributed by atoms with Crippen LogP contribution in [0.2, 0.25) is 0 Å². The van der Waals surface area contributed by atoms with Crippen LogP contribution in [-0.4, -0.2) is 29.7 Å². The van der Waals surface area contributed by atoms with E-state index in [9.17, 15) is 4.79 Å². The van der Waals surface area contributed by atoms with Crippen molar-refractivity contribution < 1.29 is 9.90 Å². The highest BCUT2D eigenvalue weighted by Crippen LogP contribution is 2.13. The zero-order valence-corrected chi connectivity index (χ0v) is 9.84. The van der Waals surface area contributed by atoms with Crippen molar-refractivity contribution in [2.24, 2.45) is 22.2 Å². The number of nitrogens with zero attached hydrogens (tertiary/aromatic N) is 1. The summed E-state index contributed by atoms with van der Waals surface area (Å²) in [5.74, 6) is -0.934. The van der Waals surface area contributed by atoms with Crippen molar-refractivity contribution in [3.63, 3.8) is 0 Å². The highest BCUT2D eigenvalue weighted by Gasteiger charge is 2.05. The molecule has 8 N–H and O–H groups in total. The zero-order valence-electron chi connectivity index (χ0n) is 9.84. The molecule has 0 saturated heterocycles. The van der Waals surface area contributed by atoms with Crippen LogP contribution in [0.4, 0.5) is 5.69 Å². The average molecular weight is 251 g/mol. The number of rotatable bonds is 6. The van der Waals surface area contributed by atoms with E-state index in [0.717, 1.165) is 5.56 Å². The molecule has 18 heavy (non-hydrogen) atoms. The first-order chi connectivity index (χ1) is 8.47. The fourth-order valence-corrected chi connectivity index (χ4v) is 1.40. The fraction of sp³-hybridized carbons (Fsp3) is 0.273. The quantitative estimate of drug-likeness (QED) is 0.252. The maximum atomic E-state index is 10.3. The SMILES string of the molecule is NC(N)=Nc1ccc(CC(N)NCC(=O)O)cc1. The van der Waals surface area contributed by atoms with Gasteiger partial charge in [0.1, 0.15) is 0 Å². The monoisotopic (exact) mass is 251 g/mol. The van der Waals surface area contributed by atoms with Crippen LogP contribution in [0.3, 0.4) is 0 Å². The highest BCUT2D eigenvalue weighted by molar-refractivity contribution is 5.78. The minimum Gasteiger partial charge on any atom is -0.480 e. The van der Waals surface area contributed by atoms with Crippen LogP contribution in [0.15, 0.2) is 29.3 Å². The van der Waals surface area contributed by atoms with E-state index in [1.807, 2.05) is 12.1 Å². The summed E-state index contributed by atoms with van der Waals surface area (Å²) < 4.78 is 0. The summed E-state index contributed by atoms with van der Waals surface area (Å²) >= 11 is 0. The standard InChI is InChI=1S/C11H17N5O2/c12-9(15-6-10(17)18)5-7-1-3-8(4-2-7)16-11(13)14/h1-4,9,15H,5-6,12H2,(H,17,18)(H4,13,14,16). The molecule has 0 aliphatic heterocycles. The molecule has 1 unspecified atom stereocenters. The zero-order chi connectivity index (χ0) is 13.5. The Hall–Kier alpha value is -2.12. The minimum absolute atomic E-state index is 0.00239. The third-order valence-electron chi connectivity index (χ3n) is 2.17. The summed E-state index contributed by atoms with van der Waals surface area (Å²) in [4.78, 5) is 14.2. The molecule has 98 valence electrons. The van der Waals surface area contributed by atoms with Crippen LogP contribution >= 0.6 is 0 Å². The smallest absolute Gasteiger partial charge is 0.317 e. The molecule has 0 bridgehead atoms. The number of hydrogen-bond acceptors (Lipinski definition) is 4. The van der Waals surface area contributed by atoms with E-state index in [-0.39, 0.29) is 12.5 Å². The Bertz CT molecular complexity index is 426. The highest BCUT2D eigenvalue weighted by atomic mass is 16.4. The molecule has 7 nitrogen and oxygen atoms in total. The van der Waals surface area contributed by atoms with Gasteiger partial charge >= 0.3 is 5.97 Å². The van der Waals surface area contributed by atoms with Gasteiger partial charge < -0.3 is 22.3 Å². The van der Waals surface area contributed by atoms with Gasteiger partial charge in [0.15, 0.2) is 5.96 Å². The average Bonchev–Trinajstić information content (AvgIpc) is 2.28. The number of carbonyl (C=O) groups is 1. The third kappa shape index (κ3) is 5.28. The molecular formula is C11H17N5O2. The van der Waals surface area contributed by atoms with Crippen LogP contribution in [0.25, 0.3) is 0 Å². The number of nitrogens with one attached hydrogen (secondary N) is 1. The van der Waals surface area contributed by atoms with E-state index in [1.54, 1.807) is 12.1 Å². The van der Waals surface area contributed by atoms with Crippen LogP contribution in [0.5, 0.6) is 0 Å². The lowest BCUT2D eigenvalue weighted by Crippen LogP contribution is -2.41. The number of carboxylic acid groups (broad SMARTS) is 1. The van der Waals surface area contributed by atoms with Crippen LogP contribution in [0, 0.1) is 0 Å². The van der Waals surface area contributed by atoms with Gasteiger partial charge in [0.05, 0.1) is 18.4 Å². The van der Waals surface area contributed by atoms with Crippen molar-refractivity contribution in [2.75, 3.05) is 6.54 Å². The molecule has 0 amide bonds. The van der Waals surface area contributed by atoms with Crippen molar-refractivity contribution in [3.05, 3.63) is 29.8 Å². The molecule has 0 spiro atoms. The van der Waals surface area contributed by atoms with Crippen molar-refractivity contribution in [3.8, 4) is 0 Å². The number of carboxylic acids is 1. The van der Waals surface area contributed by atoms with Gasteiger partial charge in [-0.25, -0.2) is 4.99 Å². The second kappa shape index (κ2) is 6.58. The molecular weight excluding hydrogens is 234 g/mol. The van der Waals surface area contributed by atoms with Gasteiger partial charge in [0, 0.05) is 6.42 Å². The van der Waals surface area contributed by atoms with Gasteiger partial charge in [-0.15, -0.1) is 0 Å². The van der Waals surface area contributed by atoms with E-state index >= 15 is 0 Å². The molecule has 1 atom stereocenters. The number of aliphatic imine (C=N–C) groups is 1. The summed E-state index contributed by atoms with van der Waals surface area (Å²) in [5, 5.41) is 11.2. The van der Waals surface area contributed by atoms with Crippen molar-refractivity contribution in [1.29, 1.82) is 0 Å². The summed E-state index contributed by atoms with van der Waals surface area (Å²) in [6.07, 6.45) is 0.116. The predicted octanol–water partition coefficient (Wildman–Crippen LogP) is -0.907. The van der Waals surface area contributed by atoms with Crippen LogP contribution in [0.1, 0.15) is 5.56 Å². The molecule has 0 heterocycles. The molecule has 7 heteroatoms. The van der Waals surface area contributed by atoms with Gasteiger partial charge in [0.2, 0.25) is 0 Å². The molecule has 1 aromatic rings. The van der Waals surface area contributed by atoms with E-state index in [4.69, 9.17) is 22.3 Å². The number of hydrogen-bond donors (Lipinski definition) is 5. The first kappa shape index (κ1) is 13.9. The summed E-state index contributed by atoms with van der Waals surface area (Å²) in [6, 6.07) is 7.20. The number of aliphatic carboxylic acids is 1. The number of guanidine groups is 1. The summed E-state index contributed by atoms with van der Waals surface area (Å²) in [5.41, 5.74) is 17.9. The Kier molecular flexibility index (Phi) is 5.09. The maximum Gasteiger partial charge on any atom is 0.317 e. The molecule has 1 rings (SSSR count). The van der Waals surface area contributed by atoms with E-state index < -0.39 is 12.1 Å². The van der Waals surface area contributed by atoms with E-state index in [1.165, 1.54) is 0 Å². The van der Waals surface area contributed by atoms with Gasteiger partial charge in [-0.2, -0.15) is 0 Å². The Balaban J connectivity index is 2.53. The summed E-state index contributed by atoms with van der Waals surface area (Å²) in [6.45, 7) is -0.159. The first-order valence-electron chi connectivity index (χ1n) is 5.36. The van der Waals surface area contributed by atoms with Crippen LogP contribution < -0.4 is 22.5 Å². The Morgan fingerprint density at radius 1 is 1.33 bits per heavy atom. The lowest BCUT2D eigenvalue weighted by molar-refractivity contribution is -0.136. The molecule has 0 aliphatic rings. The molecule has 1 aromatic carbocycles. The second-order valence-corrected chi connectivity index (χ2v) is 3.79. The molecule has 0 saturated carbocycles. The maximum absolute atomic E-state index is 10.3. The Morgan fingerprint density at radius 2 is 1.94 bits per heavy atom. The molecule has 0 fully saturated rings. The topological polar surface area (TPSA) is 140 Å². The van der Waals surface area contributed by atoms with E-state index in [0.29, 0.717) is 12.1 Å². The van der Waals surface area contributed by atoms with Crippen molar-refractivity contribution in [2.45, 2.75) is 12.6 Å². The summed E-state index contributed by atoms with van der Waals surface area (Å²) in [7, 11) is 0. The van der Waals surface area contributed by atoms with Gasteiger partial charge in [0.25, 0.3) is 0 Å². The fourth-order valence-electron chi connectivity index (χ4n) is 1.40. The Labute approximate surface area is 105 Å². The Morgan fingerprint density at radius 3 is 2.44 bits per heavy atom. The largest absolute Gasteiger partial charge is 0.480 e. The first-order valence-corrected chi connectivity index (χ1v) is 5.36. The van der Waals surface area contributed by atoms with Gasteiger partial charge in [-0.1, -0.05) is 12.1 Å². The third-order valence-corrected chi connectivity index (χ3v) is 2.17. The second-order valence-electron chi connectivity index (χ2n) is 3.79. The molecule has 0 aliphatic carbocycles. The lowest BCUT2D eigenvalue weighted by atomic mass is 10.1. The van der Waals surface area contributed by atoms with Crippen molar-refractivity contribution in [1.82, 2.24) is 5.32 Å².